The molecular formula is C24H37N3O5. The third-order valence-corrected chi connectivity index (χ3v) is 6.06. The van der Waals surface area contributed by atoms with E-state index in [2.05, 4.69) is 22.8 Å². The van der Waals surface area contributed by atoms with Crippen LogP contribution in [0.5, 0.6) is 0 Å². The van der Waals surface area contributed by atoms with Gasteiger partial charge in [-0.3, -0.25) is 0 Å². The Morgan fingerprint density at radius 3 is 2.75 bits per heavy atom. The fraction of sp³-hybridized carbons (Fsp3) is 0.708. The Kier molecular flexibility index (Phi) is 7.98. The van der Waals surface area contributed by atoms with Crippen LogP contribution in [0.25, 0.3) is 0 Å². The zero-order chi connectivity index (χ0) is 23.3. The summed E-state index contributed by atoms with van der Waals surface area (Å²) in [6, 6.07) is 3.29. The molecule has 2 atom stereocenters. The molecular weight excluding hydrogens is 410 g/mol. The molecule has 0 bridgehead atoms. The fourth-order valence-electron chi connectivity index (χ4n) is 4.17. The number of carboxylic acid groups (broad SMARTS) is 1. The first-order chi connectivity index (χ1) is 15.1. The minimum absolute atomic E-state index is 0.150. The number of aliphatic carboxylic acids is 1. The molecule has 0 saturated heterocycles. The van der Waals surface area contributed by atoms with Gasteiger partial charge in [-0.15, -0.1) is 0 Å². The molecule has 178 valence electrons. The monoisotopic (exact) mass is 447 g/mol. The van der Waals surface area contributed by atoms with E-state index in [4.69, 9.17) is 14.5 Å². The van der Waals surface area contributed by atoms with E-state index in [9.17, 15) is 14.7 Å². The van der Waals surface area contributed by atoms with E-state index in [1.165, 1.54) is 12.0 Å². The molecule has 1 aliphatic heterocycles. The van der Waals surface area contributed by atoms with Crippen LogP contribution in [0.2, 0.25) is 0 Å². The normalized spacial score (nSPS) is 22.0. The van der Waals surface area contributed by atoms with Gasteiger partial charge < -0.3 is 25.2 Å². The molecule has 1 amide bonds. The number of pyridine rings is 1. The van der Waals surface area contributed by atoms with E-state index in [1.807, 2.05) is 0 Å². The average Bonchev–Trinajstić information content (AvgIpc) is 2.68. The third kappa shape index (κ3) is 7.08. The van der Waals surface area contributed by atoms with Crippen molar-refractivity contribution in [2.45, 2.75) is 84.0 Å². The number of hydrogen-bond acceptors (Lipinski definition) is 6. The number of hydrogen-bond donors (Lipinski definition) is 3. The minimum atomic E-state index is -1.09. The molecule has 3 rings (SSSR count). The summed E-state index contributed by atoms with van der Waals surface area (Å²) < 4.78 is 11.1. The lowest BCUT2D eigenvalue weighted by atomic mass is 9.79. The van der Waals surface area contributed by atoms with Crippen molar-refractivity contribution < 1.29 is 24.2 Å². The molecule has 2 heterocycles. The number of rotatable bonds is 9. The standard InChI is InChI=1S/C24H37N3O5/c1-15(20(22(28)29)27-23(30)32-24(2,3)4)14-31-19-12-16(13-19)7-9-18-10-8-17-6-5-11-25-21(17)26-18/h8,10,15-16,19-20H,5-7,9,11-14H2,1-4H3,(H,25,26)(H,27,30)(H,28,29)/t15-,16?,19?,20+/m1/s1. The summed E-state index contributed by atoms with van der Waals surface area (Å²) in [4.78, 5) is 28.3. The number of carbonyl (C=O) groups is 2. The van der Waals surface area contributed by atoms with Crippen LogP contribution in [0.4, 0.5) is 10.6 Å². The van der Waals surface area contributed by atoms with Gasteiger partial charge in [0.2, 0.25) is 0 Å². The first-order valence-corrected chi connectivity index (χ1v) is 11.7. The number of fused-ring (bicyclic) bond motifs is 1. The number of aryl methyl sites for hydroxylation is 2. The van der Waals surface area contributed by atoms with Gasteiger partial charge in [0.15, 0.2) is 0 Å². The molecule has 0 aromatic carbocycles. The van der Waals surface area contributed by atoms with Gasteiger partial charge in [-0.05, 0) is 76.8 Å². The van der Waals surface area contributed by atoms with Crippen LogP contribution in [0.3, 0.4) is 0 Å². The van der Waals surface area contributed by atoms with Crippen LogP contribution in [0.1, 0.15) is 64.6 Å². The second kappa shape index (κ2) is 10.5. The number of ether oxygens (including phenoxy) is 2. The molecule has 0 spiro atoms. The molecule has 3 N–H and O–H groups in total. The number of carboxylic acids is 1. The van der Waals surface area contributed by atoms with Crippen molar-refractivity contribution in [2.75, 3.05) is 18.5 Å². The second-order valence-electron chi connectivity index (χ2n) is 10.1. The number of nitrogens with zero attached hydrogens (tertiary/aromatic N) is 1. The van der Waals surface area contributed by atoms with Crippen molar-refractivity contribution in [1.82, 2.24) is 10.3 Å². The number of alkyl carbamates (subject to hydrolysis) is 1. The second-order valence-corrected chi connectivity index (χ2v) is 10.1. The lowest BCUT2D eigenvalue weighted by Gasteiger charge is -2.36. The Bertz CT molecular complexity index is 801. The number of nitrogens with one attached hydrogen (secondary N) is 2. The molecule has 2 aliphatic rings. The lowest BCUT2D eigenvalue weighted by molar-refractivity contribution is -0.142. The average molecular weight is 448 g/mol. The van der Waals surface area contributed by atoms with Gasteiger partial charge in [-0.25, -0.2) is 14.6 Å². The molecule has 32 heavy (non-hydrogen) atoms. The Balaban J connectivity index is 1.36. The van der Waals surface area contributed by atoms with Crippen molar-refractivity contribution in [1.29, 1.82) is 0 Å². The Morgan fingerprint density at radius 1 is 1.31 bits per heavy atom. The highest BCUT2D eigenvalue weighted by molar-refractivity contribution is 5.80. The fourth-order valence-corrected chi connectivity index (χ4v) is 4.17. The Morgan fingerprint density at radius 2 is 2.06 bits per heavy atom. The number of carbonyl (C=O) groups excluding carboxylic acids is 1. The van der Waals surface area contributed by atoms with Crippen LogP contribution in [0.15, 0.2) is 12.1 Å². The lowest BCUT2D eigenvalue weighted by Crippen LogP contribution is -2.48. The summed E-state index contributed by atoms with van der Waals surface area (Å²) in [5.41, 5.74) is 1.76. The number of anilines is 1. The molecule has 1 fully saturated rings. The van der Waals surface area contributed by atoms with E-state index < -0.39 is 23.7 Å². The van der Waals surface area contributed by atoms with E-state index in [1.54, 1.807) is 27.7 Å². The first-order valence-electron chi connectivity index (χ1n) is 11.7. The summed E-state index contributed by atoms with van der Waals surface area (Å²) in [6.07, 6.45) is 5.69. The summed E-state index contributed by atoms with van der Waals surface area (Å²) in [7, 11) is 0. The van der Waals surface area contributed by atoms with Crippen molar-refractivity contribution >= 4 is 17.9 Å². The number of aromatic nitrogens is 1. The van der Waals surface area contributed by atoms with Crippen LogP contribution in [0, 0.1) is 11.8 Å². The van der Waals surface area contributed by atoms with E-state index in [0.29, 0.717) is 5.92 Å². The van der Waals surface area contributed by atoms with E-state index in [0.717, 1.165) is 50.2 Å². The SMILES string of the molecule is C[C@H](COC1CC(CCc2ccc3c(n2)NCCC3)C1)[C@H](NC(=O)OC(C)(C)C)C(=O)O. The highest BCUT2D eigenvalue weighted by Gasteiger charge is 2.33. The third-order valence-electron chi connectivity index (χ3n) is 6.06. The molecule has 1 aromatic rings. The summed E-state index contributed by atoms with van der Waals surface area (Å²) in [6.45, 7) is 8.26. The Labute approximate surface area is 190 Å². The van der Waals surface area contributed by atoms with Crippen molar-refractivity contribution in [2.24, 2.45) is 11.8 Å². The highest BCUT2D eigenvalue weighted by Crippen LogP contribution is 2.34. The van der Waals surface area contributed by atoms with Gasteiger partial charge in [0.25, 0.3) is 0 Å². The topological polar surface area (TPSA) is 110 Å². The predicted molar refractivity (Wildman–Crippen MR) is 122 cm³/mol. The van der Waals surface area contributed by atoms with Crippen molar-refractivity contribution in [3.05, 3.63) is 23.4 Å². The van der Waals surface area contributed by atoms with Crippen molar-refractivity contribution in [3.8, 4) is 0 Å². The van der Waals surface area contributed by atoms with Crippen LogP contribution >= 0.6 is 0 Å². The molecule has 8 nitrogen and oxygen atoms in total. The predicted octanol–water partition coefficient (Wildman–Crippen LogP) is 3.78. The van der Waals surface area contributed by atoms with Crippen molar-refractivity contribution in [3.63, 3.8) is 0 Å². The van der Waals surface area contributed by atoms with Crippen LogP contribution in [-0.2, 0) is 27.1 Å². The summed E-state index contributed by atoms with van der Waals surface area (Å²) >= 11 is 0. The van der Waals surface area contributed by atoms with Gasteiger partial charge in [-0.1, -0.05) is 13.0 Å². The quantitative estimate of drug-likeness (QED) is 0.528. The zero-order valence-corrected chi connectivity index (χ0v) is 19.6. The Hall–Kier alpha value is -2.35. The first kappa shape index (κ1) is 24.3. The van der Waals surface area contributed by atoms with Gasteiger partial charge in [0.05, 0.1) is 12.7 Å². The zero-order valence-electron chi connectivity index (χ0n) is 19.6. The maximum absolute atomic E-state index is 11.9. The molecule has 1 aromatic heterocycles. The molecule has 1 aliphatic carbocycles. The summed E-state index contributed by atoms with van der Waals surface area (Å²) in [5.74, 6) is 0.193. The van der Waals surface area contributed by atoms with Gasteiger partial charge in [0.1, 0.15) is 17.5 Å². The van der Waals surface area contributed by atoms with Gasteiger partial charge in [0, 0.05) is 18.2 Å². The van der Waals surface area contributed by atoms with Gasteiger partial charge in [-0.2, -0.15) is 0 Å². The minimum Gasteiger partial charge on any atom is -0.480 e. The molecule has 0 unspecified atom stereocenters. The molecule has 1 saturated carbocycles. The highest BCUT2D eigenvalue weighted by atomic mass is 16.6. The van der Waals surface area contributed by atoms with E-state index in [-0.39, 0.29) is 18.6 Å². The maximum Gasteiger partial charge on any atom is 0.408 e. The van der Waals surface area contributed by atoms with Crippen LogP contribution in [-0.4, -0.2) is 53.1 Å². The van der Waals surface area contributed by atoms with E-state index >= 15 is 0 Å². The number of amides is 1. The van der Waals surface area contributed by atoms with Crippen LogP contribution < -0.4 is 10.6 Å². The molecule has 8 heteroatoms. The summed E-state index contributed by atoms with van der Waals surface area (Å²) in [5, 5.41) is 15.3. The maximum atomic E-state index is 11.9. The smallest absolute Gasteiger partial charge is 0.408 e. The molecule has 0 radical (unpaired) electrons. The van der Waals surface area contributed by atoms with Gasteiger partial charge >= 0.3 is 12.1 Å². The largest absolute Gasteiger partial charge is 0.480 e.